The van der Waals surface area contributed by atoms with Gasteiger partial charge in [0, 0.05) is 35.1 Å². The lowest BCUT2D eigenvalue weighted by atomic mass is 10.2. The van der Waals surface area contributed by atoms with Gasteiger partial charge in [-0.15, -0.1) is 11.8 Å². The molecule has 0 unspecified atom stereocenters. The molecule has 1 saturated heterocycles. The van der Waals surface area contributed by atoms with E-state index < -0.39 is 11.9 Å². The van der Waals surface area contributed by atoms with E-state index in [1.54, 1.807) is 24.3 Å². The van der Waals surface area contributed by atoms with Gasteiger partial charge in [-0.3, -0.25) is 4.79 Å². The Morgan fingerprint density at radius 3 is 2.43 bits per heavy atom. The van der Waals surface area contributed by atoms with Gasteiger partial charge in [-0.2, -0.15) is 5.26 Å². The molecule has 8 heteroatoms. The van der Waals surface area contributed by atoms with E-state index in [9.17, 15) is 9.59 Å². The van der Waals surface area contributed by atoms with E-state index in [1.165, 1.54) is 11.8 Å². The van der Waals surface area contributed by atoms with Crippen LogP contribution in [0.4, 0.5) is 11.4 Å². The molecule has 178 valence electrons. The quantitative estimate of drug-likeness (QED) is 0.370. The Bertz CT molecular complexity index is 1200. The highest BCUT2D eigenvalue weighted by Gasteiger charge is 2.15. The minimum Gasteiger partial charge on any atom is -0.452 e. The van der Waals surface area contributed by atoms with E-state index in [0.717, 1.165) is 29.2 Å². The van der Waals surface area contributed by atoms with Crippen LogP contribution in [-0.4, -0.2) is 44.8 Å². The van der Waals surface area contributed by atoms with Crippen molar-refractivity contribution in [3.63, 3.8) is 0 Å². The molecule has 0 radical (unpaired) electrons. The molecule has 1 amide bonds. The molecule has 3 aromatic rings. The van der Waals surface area contributed by atoms with Crippen LogP contribution in [0.3, 0.4) is 0 Å². The van der Waals surface area contributed by atoms with Gasteiger partial charge in [0.1, 0.15) is 0 Å². The summed E-state index contributed by atoms with van der Waals surface area (Å²) in [6.07, 6.45) is 0. The summed E-state index contributed by atoms with van der Waals surface area (Å²) < 4.78 is 10.7. The third kappa shape index (κ3) is 6.85. The summed E-state index contributed by atoms with van der Waals surface area (Å²) in [6, 6.07) is 24.1. The van der Waals surface area contributed by atoms with Crippen molar-refractivity contribution in [2.24, 2.45) is 0 Å². The van der Waals surface area contributed by atoms with Crippen LogP contribution >= 0.6 is 11.8 Å². The summed E-state index contributed by atoms with van der Waals surface area (Å²) in [5, 5.41) is 11.7. The highest BCUT2D eigenvalue weighted by Crippen LogP contribution is 2.27. The number of thioether (sulfide) groups is 1. The topological polar surface area (TPSA) is 91.7 Å². The number of amides is 1. The molecular weight excluding hydrogens is 462 g/mol. The van der Waals surface area contributed by atoms with Crippen molar-refractivity contribution in [2.45, 2.75) is 10.6 Å². The van der Waals surface area contributed by atoms with Gasteiger partial charge in [-0.05, 0) is 54.1 Å². The van der Waals surface area contributed by atoms with E-state index in [0.29, 0.717) is 35.8 Å². The van der Waals surface area contributed by atoms with E-state index in [-0.39, 0.29) is 6.61 Å². The number of carbonyl (C=O) groups excluding carboxylic acids is 2. The van der Waals surface area contributed by atoms with Crippen molar-refractivity contribution in [1.82, 2.24) is 0 Å². The molecule has 1 N–H and O–H groups in total. The Balaban J connectivity index is 1.28. The predicted octanol–water partition coefficient (Wildman–Crippen LogP) is 4.48. The van der Waals surface area contributed by atoms with Gasteiger partial charge in [-0.25, -0.2) is 4.79 Å². The van der Waals surface area contributed by atoms with Crippen LogP contribution in [0.2, 0.25) is 0 Å². The second-order valence-corrected chi connectivity index (χ2v) is 8.88. The molecule has 0 bridgehead atoms. The number of anilines is 2. The van der Waals surface area contributed by atoms with Crippen molar-refractivity contribution in [3.05, 3.63) is 89.5 Å². The summed E-state index contributed by atoms with van der Waals surface area (Å²) in [7, 11) is 0. The number of nitrogens with zero attached hydrogens (tertiary/aromatic N) is 2. The number of carbonyl (C=O) groups is 2. The maximum atomic E-state index is 12.7. The van der Waals surface area contributed by atoms with Crippen LogP contribution < -0.4 is 10.2 Å². The summed E-state index contributed by atoms with van der Waals surface area (Å²) in [6.45, 7) is 2.73. The number of morpholine rings is 1. The predicted molar refractivity (Wildman–Crippen MR) is 136 cm³/mol. The van der Waals surface area contributed by atoms with E-state index in [4.69, 9.17) is 14.7 Å². The molecule has 0 spiro atoms. The first-order chi connectivity index (χ1) is 17.1. The van der Waals surface area contributed by atoms with Crippen LogP contribution in [0.15, 0.2) is 77.7 Å². The smallest absolute Gasteiger partial charge is 0.339 e. The van der Waals surface area contributed by atoms with Crippen LogP contribution in [0, 0.1) is 11.3 Å². The van der Waals surface area contributed by atoms with Crippen LogP contribution in [0.1, 0.15) is 21.5 Å². The average Bonchev–Trinajstić information content (AvgIpc) is 2.92. The molecule has 3 aromatic carbocycles. The summed E-state index contributed by atoms with van der Waals surface area (Å²) in [5.74, 6) is -0.317. The van der Waals surface area contributed by atoms with E-state index in [1.807, 2.05) is 48.5 Å². The lowest BCUT2D eigenvalue weighted by molar-refractivity contribution is -0.119. The number of rotatable bonds is 8. The fraction of sp³-hybridized carbons (Fsp3) is 0.222. The zero-order valence-electron chi connectivity index (χ0n) is 19.1. The summed E-state index contributed by atoms with van der Waals surface area (Å²) in [4.78, 5) is 28.0. The Kier molecular flexibility index (Phi) is 8.39. The summed E-state index contributed by atoms with van der Waals surface area (Å²) in [5.41, 5.74) is 3.77. The second-order valence-electron chi connectivity index (χ2n) is 7.86. The number of benzene rings is 3. The third-order valence-electron chi connectivity index (χ3n) is 5.45. The van der Waals surface area contributed by atoms with Gasteiger partial charge in [0.15, 0.2) is 6.61 Å². The van der Waals surface area contributed by atoms with Gasteiger partial charge >= 0.3 is 5.97 Å². The number of esters is 1. The van der Waals surface area contributed by atoms with Crippen molar-refractivity contribution in [3.8, 4) is 6.07 Å². The zero-order chi connectivity index (χ0) is 24.5. The zero-order valence-corrected chi connectivity index (χ0v) is 19.9. The van der Waals surface area contributed by atoms with E-state index >= 15 is 0 Å². The number of hydrogen-bond donors (Lipinski definition) is 1. The average molecular weight is 488 g/mol. The third-order valence-corrected chi connectivity index (χ3v) is 6.59. The minimum atomic E-state index is -0.550. The molecular formula is C27H25N3O4S. The summed E-state index contributed by atoms with van der Waals surface area (Å²) >= 11 is 1.50. The molecule has 7 nitrogen and oxygen atoms in total. The van der Waals surface area contributed by atoms with E-state index in [2.05, 4.69) is 16.3 Å². The van der Waals surface area contributed by atoms with Crippen molar-refractivity contribution < 1.29 is 19.1 Å². The highest BCUT2D eigenvalue weighted by atomic mass is 32.2. The first-order valence-corrected chi connectivity index (χ1v) is 12.2. The molecule has 1 aliphatic heterocycles. The monoisotopic (exact) mass is 487 g/mol. The first-order valence-electron chi connectivity index (χ1n) is 11.2. The number of nitrogens with one attached hydrogen (secondary N) is 1. The maximum absolute atomic E-state index is 12.7. The Hall–Kier alpha value is -3.80. The highest BCUT2D eigenvalue weighted by molar-refractivity contribution is 7.98. The molecule has 4 rings (SSSR count). The fourth-order valence-electron chi connectivity index (χ4n) is 3.58. The Morgan fingerprint density at radius 2 is 1.71 bits per heavy atom. The molecule has 1 heterocycles. The Morgan fingerprint density at radius 1 is 1.00 bits per heavy atom. The number of nitriles is 1. The fourth-order valence-corrected chi connectivity index (χ4v) is 4.58. The lowest BCUT2D eigenvalue weighted by Crippen LogP contribution is -2.36. The van der Waals surface area contributed by atoms with Gasteiger partial charge in [0.2, 0.25) is 0 Å². The maximum Gasteiger partial charge on any atom is 0.339 e. The lowest BCUT2D eigenvalue weighted by Gasteiger charge is -2.28. The minimum absolute atomic E-state index is 0.376. The van der Waals surface area contributed by atoms with Crippen LogP contribution in [0.5, 0.6) is 0 Å². The first kappa shape index (κ1) is 24.3. The second kappa shape index (κ2) is 12.1. The largest absolute Gasteiger partial charge is 0.452 e. The molecule has 1 aliphatic rings. The van der Waals surface area contributed by atoms with Crippen molar-refractivity contribution >= 4 is 35.0 Å². The van der Waals surface area contributed by atoms with Crippen LogP contribution in [0.25, 0.3) is 0 Å². The van der Waals surface area contributed by atoms with Gasteiger partial charge in [-0.1, -0.05) is 24.3 Å². The standard InChI is InChI=1S/C27H25N3O4S/c28-17-20-5-7-21(8-6-20)19-35-25-4-2-1-3-24(25)27(32)34-18-26(31)29-22-9-11-23(12-10-22)30-13-15-33-16-14-30/h1-12H,13-16,18-19H2,(H,29,31). The van der Waals surface area contributed by atoms with Crippen LogP contribution in [-0.2, 0) is 20.0 Å². The molecule has 0 aromatic heterocycles. The molecule has 1 fully saturated rings. The number of ether oxygens (including phenoxy) is 2. The molecule has 35 heavy (non-hydrogen) atoms. The van der Waals surface area contributed by atoms with Crippen molar-refractivity contribution in [1.29, 1.82) is 5.26 Å². The van der Waals surface area contributed by atoms with Crippen molar-refractivity contribution in [2.75, 3.05) is 43.1 Å². The molecule has 0 aliphatic carbocycles. The van der Waals surface area contributed by atoms with Gasteiger partial charge < -0.3 is 19.7 Å². The van der Waals surface area contributed by atoms with Gasteiger partial charge in [0.05, 0.1) is 30.4 Å². The van der Waals surface area contributed by atoms with Gasteiger partial charge in [0.25, 0.3) is 5.91 Å². The Labute approximate surface area is 208 Å². The number of hydrogen-bond acceptors (Lipinski definition) is 7. The normalized spacial score (nSPS) is 13.1. The SMILES string of the molecule is N#Cc1ccc(CSc2ccccc2C(=O)OCC(=O)Nc2ccc(N3CCOCC3)cc2)cc1. The molecule has 0 saturated carbocycles. The molecule has 0 atom stereocenters.